The van der Waals surface area contributed by atoms with E-state index in [1.807, 2.05) is 0 Å². The van der Waals surface area contributed by atoms with Gasteiger partial charge in [0.2, 0.25) is 0 Å². The minimum Gasteiger partial charge on any atom is -0.616 e. The summed E-state index contributed by atoms with van der Waals surface area (Å²) in [6.07, 6.45) is -9.59. The Morgan fingerprint density at radius 1 is 1.00 bits per heavy atom. The third-order valence-corrected chi connectivity index (χ3v) is 8.75. The third-order valence-electron chi connectivity index (χ3n) is 7.48. The van der Waals surface area contributed by atoms with Gasteiger partial charge in [0.25, 0.3) is 11.9 Å². The highest BCUT2D eigenvalue weighted by Crippen LogP contribution is 2.36. The molecule has 2 fully saturated rings. The topological polar surface area (TPSA) is 87.2 Å². The molecule has 7 nitrogen and oxygen atoms in total. The molecule has 2 saturated heterocycles. The van der Waals surface area contributed by atoms with Crippen molar-refractivity contribution in [1.29, 1.82) is 0 Å². The molecule has 244 valence electrons. The summed E-state index contributed by atoms with van der Waals surface area (Å²) in [6.45, 7) is 4.97. The van der Waals surface area contributed by atoms with Gasteiger partial charge in [-0.15, -0.1) is 0 Å². The number of carbonyl (C=O) groups is 2. The van der Waals surface area contributed by atoms with Crippen LogP contribution in [0.3, 0.4) is 0 Å². The Balaban J connectivity index is 0.00000124. The van der Waals surface area contributed by atoms with Gasteiger partial charge in [0, 0.05) is 64.2 Å². The Bertz CT molecular complexity index is 1230. The van der Waals surface area contributed by atoms with Crippen LogP contribution in [0.25, 0.3) is 0 Å². The maximum Gasteiger partial charge on any atom is 0.416 e. The molecule has 0 bridgehead atoms. The predicted octanol–water partition coefficient (Wildman–Crippen LogP) is 4.95. The van der Waals surface area contributed by atoms with Crippen molar-refractivity contribution in [2.45, 2.75) is 37.7 Å². The fourth-order valence-corrected chi connectivity index (χ4v) is 6.20. The number of amides is 1. The number of nitrogens with zero attached hydrogens (tertiary/aromatic N) is 3. The van der Waals surface area contributed by atoms with E-state index in [0.29, 0.717) is 48.2 Å². The predicted molar refractivity (Wildman–Crippen MR) is 150 cm³/mol. The molecule has 1 unspecified atom stereocenters. The number of likely N-dealkylation sites (N-methyl/N-ethyl adjacent to an activating group) is 1. The highest BCUT2D eigenvalue weighted by Gasteiger charge is 2.38. The summed E-state index contributed by atoms with van der Waals surface area (Å²) in [7, 11) is 1.33. The first kappa shape index (κ1) is 35.6. The molecule has 2 aromatic carbocycles. The second kappa shape index (κ2) is 14.9. The van der Waals surface area contributed by atoms with Crippen LogP contribution >= 0.6 is 0 Å². The summed E-state index contributed by atoms with van der Waals surface area (Å²) in [5.74, 6) is -1.27. The number of hydrogen-bond donors (Lipinski definition) is 1. The Kier molecular flexibility index (Phi) is 12.1. The third kappa shape index (κ3) is 10.3. The van der Waals surface area contributed by atoms with Crippen molar-refractivity contribution in [2.24, 2.45) is 0 Å². The Hall–Kier alpha value is -2.88. The van der Waals surface area contributed by atoms with Crippen molar-refractivity contribution in [2.75, 3.05) is 57.8 Å². The van der Waals surface area contributed by atoms with Crippen LogP contribution in [0.1, 0.15) is 46.3 Å². The molecule has 0 aliphatic carbocycles. The van der Waals surface area contributed by atoms with E-state index in [1.54, 1.807) is 12.1 Å². The average Bonchev–Trinajstić information content (AvgIpc) is 2.91. The number of carboxylic acid groups (broad SMARTS) is 1. The van der Waals surface area contributed by atoms with E-state index in [9.17, 15) is 40.1 Å². The van der Waals surface area contributed by atoms with Crippen LogP contribution in [0.15, 0.2) is 42.5 Å². The Morgan fingerprint density at radius 3 is 1.98 bits per heavy atom. The largest absolute Gasteiger partial charge is 0.616 e. The summed E-state index contributed by atoms with van der Waals surface area (Å²) in [5, 5.41) is 7.42. The Morgan fingerprint density at radius 2 is 1.50 bits per heavy atom. The zero-order chi connectivity index (χ0) is 32.8. The lowest BCUT2D eigenvalue weighted by Gasteiger charge is -2.47. The van der Waals surface area contributed by atoms with Crippen LogP contribution in [-0.4, -0.2) is 100 Å². The number of carbonyl (C=O) groups excluding carboxylic acids is 1. The van der Waals surface area contributed by atoms with Gasteiger partial charge in [0.15, 0.2) is 0 Å². The second-order valence-electron chi connectivity index (χ2n) is 10.8. The maximum atomic E-state index is 13.6. The van der Waals surface area contributed by atoms with E-state index < -0.39 is 57.9 Å². The molecular formula is C29H34F7N3O4S. The summed E-state index contributed by atoms with van der Waals surface area (Å²) < 4.78 is 105. The number of likely N-dealkylation sites (tertiary alicyclic amines) is 1. The van der Waals surface area contributed by atoms with Gasteiger partial charge >= 0.3 is 12.4 Å². The number of aliphatic carboxylic acids is 1. The zero-order valence-electron chi connectivity index (χ0n) is 24.1. The van der Waals surface area contributed by atoms with Gasteiger partial charge in [-0.2, -0.15) is 26.3 Å². The minimum absolute atomic E-state index is 0.0112. The molecule has 0 aromatic heterocycles. The van der Waals surface area contributed by atoms with E-state index in [-0.39, 0.29) is 18.5 Å². The molecule has 0 saturated carbocycles. The van der Waals surface area contributed by atoms with Crippen LogP contribution in [0, 0.1) is 5.82 Å². The van der Waals surface area contributed by atoms with Crippen LogP contribution < -0.4 is 0 Å². The van der Waals surface area contributed by atoms with E-state index in [2.05, 4.69) is 9.80 Å². The van der Waals surface area contributed by atoms with Crippen LogP contribution in [0.2, 0.25) is 0 Å². The lowest BCUT2D eigenvalue weighted by atomic mass is 9.93. The van der Waals surface area contributed by atoms with Gasteiger partial charge in [-0.25, -0.2) is 4.39 Å². The molecule has 1 atom stereocenters. The highest BCUT2D eigenvalue weighted by atomic mass is 32.2. The van der Waals surface area contributed by atoms with Crippen molar-refractivity contribution >= 4 is 23.1 Å². The van der Waals surface area contributed by atoms with Gasteiger partial charge in [-0.3, -0.25) is 14.5 Å². The molecule has 4 rings (SSSR count). The van der Waals surface area contributed by atoms with Crippen molar-refractivity contribution in [3.8, 4) is 0 Å². The van der Waals surface area contributed by atoms with Crippen molar-refractivity contribution in [3.05, 3.63) is 70.5 Å². The van der Waals surface area contributed by atoms with E-state index in [4.69, 9.17) is 9.90 Å². The van der Waals surface area contributed by atoms with Gasteiger partial charge in [0.05, 0.1) is 11.1 Å². The molecule has 44 heavy (non-hydrogen) atoms. The lowest BCUT2D eigenvalue weighted by molar-refractivity contribution is -0.143. The van der Waals surface area contributed by atoms with E-state index in [0.717, 1.165) is 38.0 Å². The molecule has 0 spiro atoms. The van der Waals surface area contributed by atoms with Gasteiger partial charge < -0.3 is 19.5 Å². The highest BCUT2D eigenvalue weighted by molar-refractivity contribution is 7.91. The standard InChI is InChI=1S/C27H30F7N3O2S.C2H4O2/c1-35(25(38)20-12-21(26(29,30)31)14-22(13-20)27(32,33)34)15-19(18-2-4-23(28)5-3-18)6-7-36-16-24(17-36)37-8-10-40(39)11-9-37;1-2(3)4/h2-5,12-14,19,24H,6-11,15-17H2,1H3;1H3,(H,3,4). The summed E-state index contributed by atoms with van der Waals surface area (Å²) in [4.78, 5) is 27.7. The molecule has 2 aliphatic rings. The molecule has 2 aliphatic heterocycles. The molecule has 2 aromatic rings. The van der Waals surface area contributed by atoms with Crippen molar-refractivity contribution in [3.63, 3.8) is 0 Å². The summed E-state index contributed by atoms with van der Waals surface area (Å²) in [5.41, 5.74) is -3.12. The van der Waals surface area contributed by atoms with Crippen LogP contribution in [-0.2, 0) is 28.3 Å². The molecule has 1 N–H and O–H groups in total. The first-order valence-corrected chi connectivity index (χ1v) is 15.2. The second-order valence-corrected chi connectivity index (χ2v) is 12.5. The lowest BCUT2D eigenvalue weighted by Crippen LogP contribution is -2.62. The quantitative estimate of drug-likeness (QED) is 0.321. The minimum atomic E-state index is -5.06. The number of rotatable bonds is 8. The first-order chi connectivity index (χ1) is 20.4. The SMILES string of the molecule is CC(=O)O.CN(CC(CCN1CC(N2CC[S+]([O-])CC2)C1)c1ccc(F)cc1)C(=O)c1cc(C(F)(F)F)cc(C(F)(F)F)c1. The van der Waals surface area contributed by atoms with Crippen LogP contribution in [0.5, 0.6) is 0 Å². The Labute approximate surface area is 253 Å². The fraction of sp³-hybridized carbons (Fsp3) is 0.517. The molecule has 1 amide bonds. The number of benzene rings is 2. The normalized spacial score (nSPS) is 17.8. The van der Waals surface area contributed by atoms with E-state index in [1.165, 1.54) is 19.2 Å². The number of hydrogen-bond acceptors (Lipinski definition) is 5. The fourth-order valence-electron chi connectivity index (χ4n) is 5.12. The molecular weight excluding hydrogens is 619 g/mol. The first-order valence-electron chi connectivity index (χ1n) is 13.8. The zero-order valence-corrected chi connectivity index (χ0v) is 24.9. The molecule has 2 heterocycles. The van der Waals surface area contributed by atoms with Crippen molar-refractivity contribution < 1.29 is 50.0 Å². The molecule has 0 radical (unpaired) electrons. The van der Waals surface area contributed by atoms with Crippen LogP contribution in [0.4, 0.5) is 30.7 Å². The average molecular weight is 654 g/mol. The summed E-state index contributed by atoms with van der Waals surface area (Å²) in [6, 6.07) is 6.89. The van der Waals surface area contributed by atoms with Gasteiger partial charge in [-0.05, 0) is 48.9 Å². The number of alkyl halides is 6. The number of halogens is 7. The monoisotopic (exact) mass is 653 g/mol. The maximum absolute atomic E-state index is 13.6. The van der Waals surface area contributed by atoms with Gasteiger partial charge in [0.1, 0.15) is 17.3 Å². The van der Waals surface area contributed by atoms with Gasteiger partial charge in [-0.1, -0.05) is 23.3 Å². The number of carboxylic acids is 1. The smallest absolute Gasteiger partial charge is 0.416 e. The van der Waals surface area contributed by atoms with Crippen molar-refractivity contribution in [1.82, 2.24) is 14.7 Å². The molecule has 15 heteroatoms. The summed E-state index contributed by atoms with van der Waals surface area (Å²) >= 11 is -0.758. The van der Waals surface area contributed by atoms with E-state index >= 15 is 0 Å².